The highest BCUT2D eigenvalue weighted by atomic mass is 32.1. The number of nitrogens with one attached hydrogen (secondary N) is 2. The molecule has 2 heterocycles. The molecule has 0 aliphatic heterocycles. The predicted molar refractivity (Wildman–Crippen MR) is 99.1 cm³/mol. The zero-order valence-corrected chi connectivity index (χ0v) is 13.4. The lowest BCUT2D eigenvalue weighted by Crippen LogP contribution is -2.05. The summed E-state index contributed by atoms with van der Waals surface area (Å²) in [5.74, 6) is 1.09. The van der Waals surface area contributed by atoms with Crippen LogP contribution in [-0.4, -0.2) is 15.0 Å². The van der Waals surface area contributed by atoms with Gasteiger partial charge in [0, 0.05) is 22.7 Å². The van der Waals surface area contributed by atoms with E-state index in [1.54, 1.807) is 6.20 Å². The Hall–Kier alpha value is -3.19. The summed E-state index contributed by atoms with van der Waals surface area (Å²) in [7, 11) is 0. The molecule has 0 amide bonds. The minimum Gasteiger partial charge on any atom is -0.393 e. The fraction of sp³-hybridized carbons (Fsp3) is 0. The largest absolute Gasteiger partial charge is 0.393 e. The number of anilines is 5. The van der Waals surface area contributed by atoms with Gasteiger partial charge >= 0.3 is 0 Å². The van der Waals surface area contributed by atoms with Crippen molar-refractivity contribution >= 4 is 50.3 Å². The van der Waals surface area contributed by atoms with Crippen molar-refractivity contribution in [1.29, 1.82) is 0 Å². The smallest absolute Gasteiger partial charge is 0.188 e. The monoisotopic (exact) mass is 334 g/mol. The van der Waals surface area contributed by atoms with Crippen molar-refractivity contribution < 1.29 is 0 Å². The number of nitrogens with two attached hydrogens (primary N) is 1. The summed E-state index contributed by atoms with van der Waals surface area (Å²) < 4.78 is 0. The van der Waals surface area contributed by atoms with Crippen molar-refractivity contribution in [2.45, 2.75) is 0 Å². The van der Waals surface area contributed by atoms with Crippen LogP contribution in [0.1, 0.15) is 0 Å². The summed E-state index contributed by atoms with van der Waals surface area (Å²) in [6.45, 7) is 0. The van der Waals surface area contributed by atoms with Gasteiger partial charge in [0.25, 0.3) is 0 Å². The molecule has 0 atom stereocenters. The van der Waals surface area contributed by atoms with Gasteiger partial charge in [-0.05, 0) is 11.5 Å². The number of thiazole rings is 1. The van der Waals surface area contributed by atoms with Crippen LogP contribution in [0.3, 0.4) is 0 Å². The van der Waals surface area contributed by atoms with Crippen LogP contribution in [0.25, 0.3) is 10.8 Å². The first-order chi connectivity index (χ1) is 11.8. The molecule has 7 heteroatoms. The minimum atomic E-state index is 0.445. The zero-order chi connectivity index (χ0) is 16.4. The van der Waals surface area contributed by atoms with E-state index < -0.39 is 0 Å². The average molecular weight is 334 g/mol. The Labute approximate surface area is 142 Å². The zero-order valence-electron chi connectivity index (χ0n) is 12.6. The molecule has 0 radical (unpaired) electrons. The number of aromatic nitrogens is 3. The highest BCUT2D eigenvalue weighted by Gasteiger charge is 2.10. The van der Waals surface area contributed by atoms with E-state index in [2.05, 4.69) is 43.8 Å². The molecule has 118 valence electrons. The summed E-state index contributed by atoms with van der Waals surface area (Å²) in [5, 5.41) is 11.3. The summed E-state index contributed by atoms with van der Waals surface area (Å²) in [6.07, 6.45) is 3.19. The molecule has 0 saturated carbocycles. The van der Waals surface area contributed by atoms with Gasteiger partial charge in [-0.2, -0.15) is 0 Å². The quantitative estimate of drug-likeness (QED) is 0.519. The third-order valence-corrected chi connectivity index (χ3v) is 4.27. The summed E-state index contributed by atoms with van der Waals surface area (Å²) in [4.78, 5) is 12.6. The van der Waals surface area contributed by atoms with Gasteiger partial charge in [-0.3, -0.25) is 0 Å². The molecular weight excluding hydrogens is 320 g/mol. The standard InChI is InChI=1S/C17H14N6S/c18-14-15(20-10-21-16(14)23-17-19-8-9-24-17)22-13-7-3-5-11-4-1-2-6-12(11)13/h1-10H,18H2,(H2,19,20,21,22,23). The fourth-order valence-corrected chi connectivity index (χ4v) is 2.97. The van der Waals surface area contributed by atoms with E-state index in [9.17, 15) is 0 Å². The third-order valence-electron chi connectivity index (χ3n) is 3.58. The molecule has 24 heavy (non-hydrogen) atoms. The van der Waals surface area contributed by atoms with E-state index in [1.807, 2.05) is 29.6 Å². The number of hydrogen-bond acceptors (Lipinski definition) is 7. The molecular formula is C17H14N6S. The molecule has 4 N–H and O–H groups in total. The Kier molecular flexibility index (Phi) is 3.68. The van der Waals surface area contributed by atoms with Gasteiger partial charge in [-0.25, -0.2) is 15.0 Å². The van der Waals surface area contributed by atoms with E-state index in [1.165, 1.54) is 17.7 Å². The molecule has 4 rings (SSSR count). The maximum atomic E-state index is 6.22. The second-order valence-electron chi connectivity index (χ2n) is 5.10. The van der Waals surface area contributed by atoms with Gasteiger partial charge in [0.05, 0.1) is 0 Å². The van der Waals surface area contributed by atoms with Crippen molar-refractivity contribution in [3.63, 3.8) is 0 Å². The second kappa shape index (κ2) is 6.13. The van der Waals surface area contributed by atoms with Crippen molar-refractivity contribution in [2.75, 3.05) is 16.4 Å². The number of rotatable bonds is 4. The highest BCUT2D eigenvalue weighted by Crippen LogP contribution is 2.31. The van der Waals surface area contributed by atoms with Gasteiger partial charge in [-0.1, -0.05) is 36.4 Å². The lowest BCUT2D eigenvalue weighted by atomic mass is 10.1. The van der Waals surface area contributed by atoms with Gasteiger partial charge < -0.3 is 16.4 Å². The Morgan fingerprint density at radius 1 is 0.875 bits per heavy atom. The van der Waals surface area contributed by atoms with Crippen LogP contribution < -0.4 is 16.4 Å². The van der Waals surface area contributed by atoms with Crippen LogP contribution in [0.2, 0.25) is 0 Å². The Bertz CT molecular complexity index is 978. The molecule has 0 spiro atoms. The Balaban J connectivity index is 1.69. The molecule has 6 nitrogen and oxygen atoms in total. The van der Waals surface area contributed by atoms with Crippen LogP contribution in [0, 0.1) is 0 Å². The normalized spacial score (nSPS) is 10.7. The number of fused-ring (bicyclic) bond motifs is 1. The van der Waals surface area contributed by atoms with Crippen LogP contribution in [0.15, 0.2) is 60.4 Å². The van der Waals surface area contributed by atoms with Crippen LogP contribution in [-0.2, 0) is 0 Å². The maximum absolute atomic E-state index is 6.22. The number of benzene rings is 2. The average Bonchev–Trinajstić information content (AvgIpc) is 3.12. The summed E-state index contributed by atoms with van der Waals surface area (Å²) in [5.41, 5.74) is 7.61. The minimum absolute atomic E-state index is 0.445. The van der Waals surface area contributed by atoms with Gasteiger partial charge in [-0.15, -0.1) is 11.3 Å². The molecule has 2 aromatic carbocycles. The van der Waals surface area contributed by atoms with Crippen molar-refractivity contribution in [2.24, 2.45) is 0 Å². The van der Waals surface area contributed by atoms with Crippen molar-refractivity contribution in [3.05, 3.63) is 60.4 Å². The number of nitrogens with zero attached hydrogens (tertiary/aromatic N) is 3. The fourth-order valence-electron chi connectivity index (χ4n) is 2.44. The van der Waals surface area contributed by atoms with Crippen molar-refractivity contribution in [3.8, 4) is 0 Å². The Morgan fingerprint density at radius 3 is 2.50 bits per heavy atom. The van der Waals surface area contributed by atoms with Gasteiger partial charge in [0.2, 0.25) is 0 Å². The molecule has 0 bridgehead atoms. The first-order valence-corrected chi connectivity index (χ1v) is 8.21. The van der Waals surface area contributed by atoms with Crippen molar-refractivity contribution in [1.82, 2.24) is 15.0 Å². The highest BCUT2D eigenvalue weighted by molar-refractivity contribution is 7.13. The second-order valence-corrected chi connectivity index (χ2v) is 5.99. The predicted octanol–water partition coefficient (Wildman–Crippen LogP) is 4.16. The van der Waals surface area contributed by atoms with Crippen LogP contribution in [0.4, 0.5) is 28.1 Å². The maximum Gasteiger partial charge on any atom is 0.188 e. The van der Waals surface area contributed by atoms with E-state index in [-0.39, 0.29) is 0 Å². The van der Waals surface area contributed by atoms with E-state index in [0.717, 1.165) is 21.6 Å². The number of nitrogen functional groups attached to an aromatic ring is 1. The van der Waals surface area contributed by atoms with E-state index >= 15 is 0 Å². The van der Waals surface area contributed by atoms with Crippen LogP contribution in [0.5, 0.6) is 0 Å². The first-order valence-electron chi connectivity index (χ1n) is 7.33. The summed E-state index contributed by atoms with van der Waals surface area (Å²) in [6, 6.07) is 14.2. The topological polar surface area (TPSA) is 88.8 Å². The first kappa shape index (κ1) is 14.4. The molecule has 0 saturated heterocycles. The lowest BCUT2D eigenvalue weighted by molar-refractivity contribution is 1.17. The van der Waals surface area contributed by atoms with E-state index in [0.29, 0.717) is 17.3 Å². The lowest BCUT2D eigenvalue weighted by Gasteiger charge is -2.13. The SMILES string of the molecule is Nc1c(Nc2nccs2)ncnc1Nc1cccc2ccccc12. The molecule has 0 aliphatic carbocycles. The van der Waals surface area contributed by atoms with E-state index in [4.69, 9.17) is 5.73 Å². The molecule has 4 aromatic rings. The molecule has 0 unspecified atom stereocenters. The summed E-state index contributed by atoms with van der Waals surface area (Å²) >= 11 is 1.48. The molecule has 2 aromatic heterocycles. The van der Waals surface area contributed by atoms with Crippen LogP contribution >= 0.6 is 11.3 Å². The molecule has 0 fully saturated rings. The Morgan fingerprint density at radius 2 is 1.67 bits per heavy atom. The number of hydrogen-bond donors (Lipinski definition) is 3. The molecule has 0 aliphatic rings. The van der Waals surface area contributed by atoms with Gasteiger partial charge in [0.1, 0.15) is 12.0 Å². The van der Waals surface area contributed by atoms with Gasteiger partial charge in [0.15, 0.2) is 16.8 Å². The third kappa shape index (κ3) is 2.72.